The van der Waals surface area contributed by atoms with E-state index in [1.807, 2.05) is 37.3 Å². The van der Waals surface area contributed by atoms with Crippen LogP contribution in [0, 0.1) is 6.92 Å². The third kappa shape index (κ3) is 7.26. The highest BCUT2D eigenvalue weighted by molar-refractivity contribution is 5.95. The molecule has 8 nitrogen and oxygen atoms in total. The third-order valence-corrected chi connectivity index (χ3v) is 5.89. The fraction of sp³-hybridized carbons (Fsp3) is 0.346. The zero-order chi connectivity index (χ0) is 24.5. The van der Waals surface area contributed by atoms with Gasteiger partial charge in [-0.05, 0) is 55.3 Å². The predicted octanol–water partition coefficient (Wildman–Crippen LogP) is 2.77. The Morgan fingerprint density at radius 1 is 1.09 bits per heavy atom. The number of benzene rings is 2. The van der Waals surface area contributed by atoms with Crippen LogP contribution in [0.2, 0.25) is 0 Å². The second kappa shape index (κ2) is 12.1. The number of anilines is 1. The van der Waals surface area contributed by atoms with Crippen LogP contribution in [0.1, 0.15) is 16.7 Å². The van der Waals surface area contributed by atoms with E-state index < -0.39 is 5.63 Å². The SMILES string of the molecule is Cc1ccc2c(CC(=O)Nc3ccc(CCN4CCN(C)CC4)cc3)cc(=O)oc2c1.O=CO. The summed E-state index contributed by atoms with van der Waals surface area (Å²) in [6.07, 6.45) is 1.12. The lowest BCUT2D eigenvalue weighted by molar-refractivity contribution is -0.123. The minimum Gasteiger partial charge on any atom is -0.483 e. The minimum absolute atomic E-state index is 0.121. The first-order valence-corrected chi connectivity index (χ1v) is 11.3. The molecule has 2 N–H and O–H groups in total. The highest BCUT2D eigenvalue weighted by atomic mass is 16.4. The minimum atomic E-state index is -0.439. The lowest BCUT2D eigenvalue weighted by Gasteiger charge is -2.32. The number of fused-ring (bicyclic) bond motifs is 1. The number of nitrogens with one attached hydrogen (secondary N) is 1. The van der Waals surface area contributed by atoms with Gasteiger partial charge >= 0.3 is 5.63 Å². The zero-order valence-corrected chi connectivity index (χ0v) is 19.6. The van der Waals surface area contributed by atoms with Crippen molar-refractivity contribution in [3.05, 3.63) is 75.6 Å². The Hall–Kier alpha value is -3.49. The number of amides is 1. The standard InChI is InChI=1S/C25H29N3O3.CH2O2/c1-18-3-8-22-20(17-25(30)31-23(22)15-18)16-24(29)26-21-6-4-19(5-7-21)9-10-28-13-11-27(2)12-14-28;2-1-3/h3-8,15,17H,9-14,16H2,1-2H3,(H,26,29);1H,(H,2,3). The maximum absolute atomic E-state index is 12.6. The van der Waals surface area contributed by atoms with Crippen LogP contribution in [0.3, 0.4) is 0 Å². The van der Waals surface area contributed by atoms with E-state index in [1.54, 1.807) is 0 Å². The van der Waals surface area contributed by atoms with E-state index in [-0.39, 0.29) is 18.8 Å². The predicted molar refractivity (Wildman–Crippen MR) is 132 cm³/mol. The molecule has 8 heteroatoms. The van der Waals surface area contributed by atoms with Crippen LogP contribution in [-0.4, -0.2) is 67.1 Å². The Morgan fingerprint density at radius 3 is 2.44 bits per heavy atom. The maximum Gasteiger partial charge on any atom is 0.336 e. The normalized spacial score (nSPS) is 14.3. The van der Waals surface area contributed by atoms with Gasteiger partial charge in [-0.15, -0.1) is 0 Å². The van der Waals surface area contributed by atoms with Crippen molar-refractivity contribution in [2.24, 2.45) is 0 Å². The first kappa shape index (κ1) is 25.1. The number of aryl methyl sites for hydroxylation is 1. The Labute approximate surface area is 198 Å². The first-order chi connectivity index (χ1) is 16.4. The van der Waals surface area contributed by atoms with Crippen molar-refractivity contribution in [1.29, 1.82) is 0 Å². The van der Waals surface area contributed by atoms with Crippen LogP contribution in [0.4, 0.5) is 5.69 Å². The van der Waals surface area contributed by atoms with Gasteiger partial charge in [0.15, 0.2) is 0 Å². The molecule has 0 bridgehead atoms. The summed E-state index contributed by atoms with van der Waals surface area (Å²) >= 11 is 0. The van der Waals surface area contributed by atoms with Crippen molar-refractivity contribution in [3.63, 3.8) is 0 Å². The molecule has 180 valence electrons. The molecule has 1 aliphatic heterocycles. The molecule has 1 fully saturated rings. The number of hydrogen-bond donors (Lipinski definition) is 2. The molecular formula is C26H31N3O5. The van der Waals surface area contributed by atoms with E-state index in [0.717, 1.165) is 55.8 Å². The van der Waals surface area contributed by atoms with E-state index in [2.05, 4.69) is 34.3 Å². The molecule has 3 aromatic rings. The van der Waals surface area contributed by atoms with E-state index in [4.69, 9.17) is 14.3 Å². The van der Waals surface area contributed by atoms with Gasteiger partial charge in [-0.2, -0.15) is 0 Å². The van der Waals surface area contributed by atoms with Gasteiger partial charge in [-0.1, -0.05) is 24.3 Å². The van der Waals surface area contributed by atoms with E-state index in [9.17, 15) is 9.59 Å². The maximum atomic E-state index is 12.6. The quantitative estimate of drug-likeness (QED) is 0.426. The number of carboxylic acid groups (broad SMARTS) is 1. The molecule has 4 rings (SSSR count). The lowest BCUT2D eigenvalue weighted by atomic mass is 10.1. The number of rotatable bonds is 6. The molecule has 0 saturated carbocycles. The Balaban J connectivity index is 0.00000103. The van der Waals surface area contributed by atoms with Crippen LogP contribution in [0.15, 0.2) is 57.7 Å². The molecule has 1 amide bonds. The molecule has 1 saturated heterocycles. The van der Waals surface area contributed by atoms with Crippen LogP contribution in [0.5, 0.6) is 0 Å². The van der Waals surface area contributed by atoms with Crippen LogP contribution in [-0.2, 0) is 22.4 Å². The fourth-order valence-corrected chi connectivity index (χ4v) is 3.97. The number of carbonyl (C=O) groups excluding carboxylic acids is 1. The summed E-state index contributed by atoms with van der Waals surface area (Å²) in [5.41, 5.74) is 3.78. The van der Waals surface area contributed by atoms with Gasteiger partial charge in [0.1, 0.15) is 5.58 Å². The molecule has 0 unspecified atom stereocenters. The van der Waals surface area contributed by atoms with Gasteiger partial charge in [-0.3, -0.25) is 9.59 Å². The third-order valence-electron chi connectivity index (χ3n) is 5.89. The average Bonchev–Trinajstić information content (AvgIpc) is 2.80. The van der Waals surface area contributed by atoms with E-state index in [0.29, 0.717) is 11.1 Å². The molecule has 2 heterocycles. The van der Waals surface area contributed by atoms with Crippen LogP contribution in [0.25, 0.3) is 11.0 Å². The summed E-state index contributed by atoms with van der Waals surface area (Å²) in [6.45, 7) is 7.25. The summed E-state index contributed by atoms with van der Waals surface area (Å²) in [4.78, 5) is 37.7. The number of hydrogen-bond acceptors (Lipinski definition) is 6. The second-order valence-corrected chi connectivity index (χ2v) is 8.51. The highest BCUT2D eigenvalue weighted by Gasteiger charge is 2.14. The second-order valence-electron chi connectivity index (χ2n) is 8.51. The van der Waals surface area contributed by atoms with Gasteiger partial charge < -0.3 is 24.6 Å². The molecule has 0 atom stereocenters. The molecule has 1 aromatic heterocycles. The smallest absolute Gasteiger partial charge is 0.336 e. The molecule has 2 aromatic carbocycles. The van der Waals surface area contributed by atoms with Gasteiger partial charge in [0.25, 0.3) is 6.47 Å². The summed E-state index contributed by atoms with van der Waals surface area (Å²) in [5.74, 6) is -0.155. The summed E-state index contributed by atoms with van der Waals surface area (Å²) in [5, 5.41) is 10.6. The lowest BCUT2D eigenvalue weighted by Crippen LogP contribution is -2.45. The molecular weight excluding hydrogens is 434 g/mol. The number of piperazine rings is 1. The molecule has 0 radical (unpaired) electrons. The molecule has 0 spiro atoms. The van der Waals surface area contributed by atoms with Crippen LogP contribution >= 0.6 is 0 Å². The summed E-state index contributed by atoms with van der Waals surface area (Å²) < 4.78 is 5.28. The summed E-state index contributed by atoms with van der Waals surface area (Å²) in [7, 11) is 2.17. The number of nitrogens with zero attached hydrogens (tertiary/aromatic N) is 2. The van der Waals surface area contributed by atoms with Gasteiger partial charge in [0.2, 0.25) is 5.91 Å². The fourth-order valence-electron chi connectivity index (χ4n) is 3.97. The molecule has 34 heavy (non-hydrogen) atoms. The van der Waals surface area contributed by atoms with Crippen molar-refractivity contribution < 1.29 is 19.1 Å². The molecule has 0 aliphatic carbocycles. The van der Waals surface area contributed by atoms with E-state index >= 15 is 0 Å². The van der Waals surface area contributed by atoms with Crippen molar-refractivity contribution in [2.75, 3.05) is 45.1 Å². The number of carbonyl (C=O) groups is 2. The topological polar surface area (TPSA) is 103 Å². The summed E-state index contributed by atoms with van der Waals surface area (Å²) in [6, 6.07) is 15.1. The Bertz CT molecular complexity index is 1170. The average molecular weight is 466 g/mol. The first-order valence-electron chi connectivity index (χ1n) is 11.3. The molecule has 1 aliphatic rings. The van der Waals surface area contributed by atoms with Crippen molar-refractivity contribution in [3.8, 4) is 0 Å². The zero-order valence-electron chi connectivity index (χ0n) is 19.6. The monoisotopic (exact) mass is 465 g/mol. The number of likely N-dealkylation sites (N-methyl/N-ethyl adjacent to an activating group) is 1. The van der Waals surface area contributed by atoms with E-state index in [1.165, 1.54) is 11.6 Å². The van der Waals surface area contributed by atoms with Gasteiger partial charge in [-0.25, -0.2) is 4.79 Å². The van der Waals surface area contributed by atoms with Crippen molar-refractivity contribution in [2.45, 2.75) is 19.8 Å². The Morgan fingerprint density at radius 2 is 1.76 bits per heavy atom. The van der Waals surface area contributed by atoms with Gasteiger partial charge in [0.05, 0.1) is 6.42 Å². The van der Waals surface area contributed by atoms with Crippen molar-refractivity contribution >= 4 is 29.0 Å². The van der Waals surface area contributed by atoms with Crippen LogP contribution < -0.4 is 10.9 Å². The van der Waals surface area contributed by atoms with Gasteiger partial charge in [0, 0.05) is 49.9 Å². The highest BCUT2D eigenvalue weighted by Crippen LogP contribution is 2.19. The van der Waals surface area contributed by atoms with Crippen molar-refractivity contribution in [1.82, 2.24) is 9.80 Å². The Kier molecular flexibility index (Phi) is 8.95. The largest absolute Gasteiger partial charge is 0.483 e.